The van der Waals surface area contributed by atoms with E-state index in [-0.39, 0.29) is 0 Å². The van der Waals surface area contributed by atoms with E-state index in [1.165, 1.54) is 6.08 Å². The number of aromatic nitrogens is 2. The van der Waals surface area contributed by atoms with Gasteiger partial charge in [-0.2, -0.15) is 5.10 Å². The number of halogens is 1. The average molecular weight is 192 g/mol. The molecule has 14 heavy (non-hydrogen) atoms. The summed E-state index contributed by atoms with van der Waals surface area (Å²) in [7, 11) is 0. The quantitative estimate of drug-likeness (QED) is 0.732. The van der Waals surface area contributed by atoms with Crippen LogP contribution in [-0.4, -0.2) is 10.2 Å². The maximum Gasteiger partial charge on any atom is 0.116 e. The molecular formula is C11H13FN2. The van der Waals surface area contributed by atoms with Gasteiger partial charge in [-0.25, -0.2) is 4.39 Å². The molecule has 0 radical (unpaired) electrons. The van der Waals surface area contributed by atoms with E-state index in [1.807, 2.05) is 26.0 Å². The molecule has 1 heterocycles. The zero-order valence-corrected chi connectivity index (χ0v) is 8.34. The number of H-pyrrole nitrogens is 1. The van der Waals surface area contributed by atoms with Gasteiger partial charge in [-0.1, -0.05) is 18.7 Å². The molecule has 0 aliphatic carbocycles. The standard InChI is InChI=1S/C11H13FN2/c1-4-5-10(6-9(3)12)11-8(2)7-13-14-11/h4-7H,3H2,1-2H3,(H,13,14)/b5-4?,10-6+. The molecule has 0 bridgehead atoms. The first-order valence-electron chi connectivity index (χ1n) is 4.34. The summed E-state index contributed by atoms with van der Waals surface area (Å²) in [6.45, 7) is 6.99. The Balaban J connectivity index is 3.13. The van der Waals surface area contributed by atoms with Gasteiger partial charge in [0.15, 0.2) is 0 Å². The van der Waals surface area contributed by atoms with Crippen molar-refractivity contribution in [2.45, 2.75) is 13.8 Å². The van der Waals surface area contributed by atoms with Gasteiger partial charge >= 0.3 is 0 Å². The Bertz CT molecular complexity index is 386. The lowest BCUT2D eigenvalue weighted by Gasteiger charge is -1.99. The van der Waals surface area contributed by atoms with Gasteiger partial charge in [-0.05, 0) is 25.5 Å². The molecule has 0 aliphatic rings. The van der Waals surface area contributed by atoms with Gasteiger partial charge in [0.25, 0.3) is 0 Å². The van der Waals surface area contributed by atoms with Gasteiger partial charge in [0.1, 0.15) is 5.83 Å². The lowest BCUT2D eigenvalue weighted by Crippen LogP contribution is -1.85. The molecule has 0 atom stereocenters. The fourth-order valence-corrected chi connectivity index (χ4v) is 1.19. The Morgan fingerprint density at radius 3 is 2.79 bits per heavy atom. The zero-order valence-electron chi connectivity index (χ0n) is 8.34. The van der Waals surface area contributed by atoms with Crippen LogP contribution in [0.5, 0.6) is 0 Å². The molecule has 0 amide bonds. The number of hydrogen-bond donors (Lipinski definition) is 1. The zero-order chi connectivity index (χ0) is 10.6. The molecule has 0 aromatic carbocycles. The molecule has 0 saturated carbocycles. The summed E-state index contributed by atoms with van der Waals surface area (Å²) in [5.41, 5.74) is 2.55. The lowest BCUT2D eigenvalue weighted by atomic mass is 10.1. The first kappa shape index (κ1) is 10.4. The van der Waals surface area contributed by atoms with E-state index < -0.39 is 5.83 Å². The van der Waals surface area contributed by atoms with Crippen LogP contribution in [0.1, 0.15) is 18.2 Å². The van der Waals surface area contributed by atoms with Crippen LogP contribution in [0, 0.1) is 6.92 Å². The monoisotopic (exact) mass is 192 g/mol. The molecule has 3 heteroatoms. The largest absolute Gasteiger partial charge is 0.278 e. The number of nitrogens with zero attached hydrogens (tertiary/aromatic N) is 1. The molecule has 0 spiro atoms. The number of rotatable bonds is 3. The van der Waals surface area contributed by atoms with Crippen molar-refractivity contribution < 1.29 is 4.39 Å². The first-order valence-corrected chi connectivity index (χ1v) is 4.34. The van der Waals surface area contributed by atoms with Crippen molar-refractivity contribution in [3.63, 3.8) is 0 Å². The summed E-state index contributed by atoms with van der Waals surface area (Å²) in [4.78, 5) is 0. The average Bonchev–Trinajstić information content (AvgIpc) is 2.50. The second-order valence-electron chi connectivity index (χ2n) is 2.97. The van der Waals surface area contributed by atoms with Crippen LogP contribution in [-0.2, 0) is 0 Å². The van der Waals surface area contributed by atoms with Gasteiger partial charge in [0, 0.05) is 5.57 Å². The van der Waals surface area contributed by atoms with Crippen molar-refractivity contribution >= 4 is 5.57 Å². The number of allylic oxidation sites excluding steroid dienone is 5. The minimum absolute atomic E-state index is 0.466. The van der Waals surface area contributed by atoms with E-state index in [0.717, 1.165) is 16.8 Å². The first-order chi connectivity index (χ1) is 6.65. The molecule has 2 nitrogen and oxygen atoms in total. The third-order valence-electron chi connectivity index (χ3n) is 1.78. The predicted octanol–water partition coefficient (Wildman–Crippen LogP) is 3.16. The van der Waals surface area contributed by atoms with Crippen LogP contribution in [0.3, 0.4) is 0 Å². The van der Waals surface area contributed by atoms with E-state index >= 15 is 0 Å². The van der Waals surface area contributed by atoms with Crippen molar-refractivity contribution in [3.05, 3.63) is 48.1 Å². The Morgan fingerprint density at radius 1 is 1.64 bits per heavy atom. The normalized spacial score (nSPS) is 12.4. The van der Waals surface area contributed by atoms with E-state index in [0.29, 0.717) is 0 Å². The van der Waals surface area contributed by atoms with Crippen LogP contribution in [0.25, 0.3) is 5.57 Å². The van der Waals surface area contributed by atoms with Crippen molar-refractivity contribution in [2.75, 3.05) is 0 Å². The smallest absolute Gasteiger partial charge is 0.116 e. The molecule has 1 aromatic heterocycles. The maximum atomic E-state index is 12.7. The summed E-state index contributed by atoms with van der Waals surface area (Å²) in [6.07, 6.45) is 6.73. The van der Waals surface area contributed by atoms with Gasteiger partial charge in [0.2, 0.25) is 0 Å². The second-order valence-corrected chi connectivity index (χ2v) is 2.97. The number of aryl methyl sites for hydroxylation is 1. The molecule has 0 unspecified atom stereocenters. The maximum absolute atomic E-state index is 12.7. The highest BCUT2D eigenvalue weighted by molar-refractivity contribution is 5.74. The van der Waals surface area contributed by atoms with Crippen LogP contribution >= 0.6 is 0 Å². The Morgan fingerprint density at radius 2 is 2.36 bits per heavy atom. The molecule has 0 aliphatic heterocycles. The molecule has 1 rings (SSSR count). The summed E-state index contributed by atoms with van der Waals surface area (Å²) in [5, 5.41) is 6.70. The molecule has 1 N–H and O–H groups in total. The van der Waals surface area contributed by atoms with Gasteiger partial charge in [0.05, 0.1) is 11.9 Å². The molecule has 0 saturated heterocycles. The predicted molar refractivity (Wildman–Crippen MR) is 56.4 cm³/mol. The fraction of sp³-hybridized carbons (Fsp3) is 0.182. The van der Waals surface area contributed by atoms with E-state index in [9.17, 15) is 4.39 Å². The number of nitrogens with one attached hydrogen (secondary N) is 1. The van der Waals surface area contributed by atoms with E-state index in [4.69, 9.17) is 0 Å². The molecule has 74 valence electrons. The summed E-state index contributed by atoms with van der Waals surface area (Å²) >= 11 is 0. The number of aromatic amines is 1. The van der Waals surface area contributed by atoms with E-state index in [2.05, 4.69) is 16.8 Å². The Labute approximate surface area is 82.8 Å². The van der Waals surface area contributed by atoms with Crippen molar-refractivity contribution in [1.82, 2.24) is 10.2 Å². The summed E-state index contributed by atoms with van der Waals surface area (Å²) in [5.74, 6) is -0.466. The molecule has 0 fully saturated rings. The highest BCUT2D eigenvalue weighted by Crippen LogP contribution is 2.18. The van der Waals surface area contributed by atoms with E-state index in [1.54, 1.807) is 6.20 Å². The van der Waals surface area contributed by atoms with Crippen molar-refractivity contribution in [1.29, 1.82) is 0 Å². The Hall–Kier alpha value is -1.64. The van der Waals surface area contributed by atoms with Gasteiger partial charge in [-0.15, -0.1) is 0 Å². The highest BCUT2D eigenvalue weighted by atomic mass is 19.1. The minimum atomic E-state index is -0.466. The van der Waals surface area contributed by atoms with Gasteiger partial charge in [-0.3, -0.25) is 5.10 Å². The van der Waals surface area contributed by atoms with Crippen molar-refractivity contribution in [2.24, 2.45) is 0 Å². The topological polar surface area (TPSA) is 28.7 Å². The highest BCUT2D eigenvalue weighted by Gasteiger charge is 2.04. The molecular weight excluding hydrogens is 179 g/mol. The Kier molecular flexibility index (Phi) is 3.40. The minimum Gasteiger partial charge on any atom is -0.278 e. The molecule has 1 aromatic rings. The third kappa shape index (κ3) is 2.42. The van der Waals surface area contributed by atoms with Crippen LogP contribution in [0.4, 0.5) is 4.39 Å². The van der Waals surface area contributed by atoms with Crippen LogP contribution in [0.2, 0.25) is 0 Å². The fourth-order valence-electron chi connectivity index (χ4n) is 1.19. The summed E-state index contributed by atoms with van der Waals surface area (Å²) < 4.78 is 12.7. The second kappa shape index (κ2) is 4.56. The summed E-state index contributed by atoms with van der Waals surface area (Å²) in [6, 6.07) is 0. The lowest BCUT2D eigenvalue weighted by molar-refractivity contribution is 0.672. The van der Waals surface area contributed by atoms with Crippen molar-refractivity contribution in [3.8, 4) is 0 Å². The van der Waals surface area contributed by atoms with Crippen LogP contribution < -0.4 is 0 Å². The van der Waals surface area contributed by atoms with Crippen LogP contribution in [0.15, 0.2) is 36.8 Å². The number of hydrogen-bond acceptors (Lipinski definition) is 1. The SMILES string of the molecule is C=C(F)/C=C(\C=CC)c1[nH]ncc1C. The van der Waals surface area contributed by atoms with Gasteiger partial charge < -0.3 is 0 Å². The third-order valence-corrected chi connectivity index (χ3v) is 1.78.